The van der Waals surface area contributed by atoms with Crippen LogP contribution in [-0.4, -0.2) is 15.9 Å². The minimum atomic E-state index is -0.303. The summed E-state index contributed by atoms with van der Waals surface area (Å²) in [6, 6.07) is 11.0. The fourth-order valence-corrected chi connectivity index (χ4v) is 2.67. The number of nitrogens with one attached hydrogen (secondary N) is 2. The van der Waals surface area contributed by atoms with Crippen molar-refractivity contribution in [3.63, 3.8) is 0 Å². The first-order valence-corrected chi connectivity index (χ1v) is 8.07. The molecule has 3 aromatic rings. The van der Waals surface area contributed by atoms with E-state index in [0.717, 1.165) is 15.8 Å². The molecule has 2 aromatic heterocycles. The van der Waals surface area contributed by atoms with Crippen LogP contribution in [0.25, 0.3) is 0 Å². The molecular formula is C17H15BrN4O2. The number of rotatable bonds is 5. The van der Waals surface area contributed by atoms with E-state index >= 15 is 0 Å². The molecule has 3 rings (SSSR count). The van der Waals surface area contributed by atoms with Gasteiger partial charge in [-0.15, -0.1) is 0 Å². The quantitative estimate of drug-likeness (QED) is 0.692. The normalized spacial score (nSPS) is 10.4. The maximum Gasteiger partial charge on any atom is 0.274 e. The lowest BCUT2D eigenvalue weighted by Gasteiger charge is -2.09. The van der Waals surface area contributed by atoms with Gasteiger partial charge >= 0.3 is 0 Å². The van der Waals surface area contributed by atoms with Gasteiger partial charge in [-0.05, 0) is 52.7 Å². The molecule has 0 spiro atoms. The Kier molecular flexibility index (Phi) is 4.90. The summed E-state index contributed by atoms with van der Waals surface area (Å²) in [5.41, 5.74) is 2.07. The molecule has 1 amide bonds. The first-order valence-electron chi connectivity index (χ1n) is 7.27. The second-order valence-corrected chi connectivity index (χ2v) is 6.01. The van der Waals surface area contributed by atoms with E-state index in [1.165, 1.54) is 6.33 Å². The third kappa shape index (κ3) is 3.99. The van der Waals surface area contributed by atoms with Gasteiger partial charge in [0.05, 0.1) is 18.5 Å². The third-order valence-corrected chi connectivity index (χ3v) is 3.95. The van der Waals surface area contributed by atoms with Crippen molar-refractivity contribution in [2.75, 3.05) is 10.6 Å². The summed E-state index contributed by atoms with van der Waals surface area (Å²) >= 11 is 3.44. The van der Waals surface area contributed by atoms with Gasteiger partial charge in [0.15, 0.2) is 0 Å². The zero-order valence-electron chi connectivity index (χ0n) is 12.9. The molecule has 0 radical (unpaired) electrons. The molecular weight excluding hydrogens is 372 g/mol. The predicted molar refractivity (Wildman–Crippen MR) is 94.9 cm³/mol. The van der Waals surface area contributed by atoms with Crippen molar-refractivity contribution in [3.05, 3.63) is 70.5 Å². The van der Waals surface area contributed by atoms with Gasteiger partial charge in [0.2, 0.25) is 0 Å². The summed E-state index contributed by atoms with van der Waals surface area (Å²) in [6.45, 7) is 2.46. The van der Waals surface area contributed by atoms with Crippen LogP contribution in [0.5, 0.6) is 0 Å². The number of benzene rings is 1. The first kappa shape index (κ1) is 16.2. The Morgan fingerprint density at radius 1 is 1.25 bits per heavy atom. The van der Waals surface area contributed by atoms with Gasteiger partial charge in [-0.2, -0.15) is 0 Å². The highest BCUT2D eigenvalue weighted by molar-refractivity contribution is 9.10. The number of amides is 1. The van der Waals surface area contributed by atoms with Crippen LogP contribution in [0.4, 0.5) is 11.5 Å². The van der Waals surface area contributed by atoms with E-state index in [1.54, 1.807) is 12.3 Å². The van der Waals surface area contributed by atoms with Crippen LogP contribution in [0.2, 0.25) is 0 Å². The Balaban J connectivity index is 1.69. The second-order valence-electron chi connectivity index (χ2n) is 5.16. The molecule has 0 aliphatic carbocycles. The first-order chi connectivity index (χ1) is 11.6. The molecule has 24 heavy (non-hydrogen) atoms. The molecule has 0 aliphatic heterocycles. The predicted octanol–water partition coefficient (Wildman–Crippen LogP) is 4.00. The van der Waals surface area contributed by atoms with E-state index in [9.17, 15) is 4.79 Å². The molecule has 7 heteroatoms. The molecule has 122 valence electrons. The van der Waals surface area contributed by atoms with Crippen LogP contribution < -0.4 is 10.6 Å². The molecule has 0 fully saturated rings. The van der Waals surface area contributed by atoms with Crippen molar-refractivity contribution < 1.29 is 9.21 Å². The lowest BCUT2D eigenvalue weighted by molar-refractivity contribution is 0.102. The SMILES string of the molecule is Cc1ccc(NC(=O)c2cc(NCc3ccco3)ncn2)c(Br)c1. The Labute approximate surface area is 147 Å². The lowest BCUT2D eigenvalue weighted by Crippen LogP contribution is -2.15. The monoisotopic (exact) mass is 386 g/mol. The molecule has 0 saturated carbocycles. The van der Waals surface area contributed by atoms with Gasteiger partial charge in [-0.25, -0.2) is 9.97 Å². The molecule has 0 aliphatic rings. The van der Waals surface area contributed by atoms with Gasteiger partial charge < -0.3 is 15.1 Å². The number of hydrogen-bond acceptors (Lipinski definition) is 5. The van der Waals surface area contributed by atoms with Crippen molar-refractivity contribution in [2.24, 2.45) is 0 Å². The fraction of sp³-hybridized carbons (Fsp3) is 0.118. The smallest absolute Gasteiger partial charge is 0.274 e. The number of anilines is 2. The molecule has 2 N–H and O–H groups in total. The average Bonchev–Trinajstić information content (AvgIpc) is 3.09. The van der Waals surface area contributed by atoms with Crippen molar-refractivity contribution in [2.45, 2.75) is 13.5 Å². The van der Waals surface area contributed by atoms with Crippen LogP contribution in [-0.2, 0) is 6.54 Å². The Morgan fingerprint density at radius 3 is 2.88 bits per heavy atom. The molecule has 2 heterocycles. The van der Waals surface area contributed by atoms with Gasteiger partial charge in [0.25, 0.3) is 5.91 Å². The minimum absolute atomic E-state index is 0.277. The van der Waals surface area contributed by atoms with Crippen molar-refractivity contribution >= 4 is 33.3 Å². The summed E-state index contributed by atoms with van der Waals surface area (Å²) in [7, 11) is 0. The lowest BCUT2D eigenvalue weighted by atomic mass is 10.2. The molecule has 0 unspecified atom stereocenters. The maximum absolute atomic E-state index is 12.4. The van der Waals surface area contributed by atoms with Crippen LogP contribution in [0, 0.1) is 6.92 Å². The standard InChI is InChI=1S/C17H15BrN4O2/c1-11-4-5-14(13(18)7-11)22-17(23)15-8-16(21-10-20-15)19-9-12-3-2-6-24-12/h2-8,10H,9H2,1H3,(H,22,23)(H,19,20,21). The molecule has 0 saturated heterocycles. The molecule has 6 nitrogen and oxygen atoms in total. The van der Waals surface area contributed by atoms with Crippen molar-refractivity contribution in [1.82, 2.24) is 9.97 Å². The Bertz CT molecular complexity index is 850. The van der Waals surface area contributed by atoms with E-state index in [1.807, 2.05) is 37.3 Å². The highest BCUT2D eigenvalue weighted by Gasteiger charge is 2.11. The number of carbonyl (C=O) groups excluding carboxylic acids is 1. The van der Waals surface area contributed by atoms with Crippen molar-refractivity contribution in [3.8, 4) is 0 Å². The van der Waals surface area contributed by atoms with Gasteiger partial charge in [-0.1, -0.05) is 6.07 Å². The van der Waals surface area contributed by atoms with Crippen molar-refractivity contribution in [1.29, 1.82) is 0 Å². The number of aromatic nitrogens is 2. The summed E-state index contributed by atoms with van der Waals surface area (Å²) in [6.07, 6.45) is 2.96. The fourth-order valence-electron chi connectivity index (χ4n) is 2.08. The van der Waals surface area contributed by atoms with Crippen LogP contribution in [0.15, 0.2) is 57.9 Å². The largest absolute Gasteiger partial charge is 0.467 e. The number of aryl methyl sites for hydroxylation is 1. The summed E-state index contributed by atoms with van der Waals surface area (Å²) in [5, 5.41) is 5.92. The maximum atomic E-state index is 12.4. The second kappa shape index (κ2) is 7.27. The minimum Gasteiger partial charge on any atom is -0.467 e. The molecule has 0 atom stereocenters. The van der Waals surface area contributed by atoms with Crippen LogP contribution in [0.1, 0.15) is 21.8 Å². The van der Waals surface area contributed by atoms with Crippen LogP contribution in [0.3, 0.4) is 0 Å². The number of hydrogen-bond donors (Lipinski definition) is 2. The van der Waals surface area contributed by atoms with Gasteiger partial charge in [0, 0.05) is 10.5 Å². The summed E-state index contributed by atoms with van der Waals surface area (Å²) in [5.74, 6) is 1.03. The number of nitrogens with zero attached hydrogens (tertiary/aromatic N) is 2. The zero-order valence-corrected chi connectivity index (χ0v) is 14.5. The summed E-state index contributed by atoms with van der Waals surface area (Å²) < 4.78 is 6.06. The van der Waals surface area contributed by atoms with Gasteiger partial charge in [-0.3, -0.25) is 4.79 Å². The highest BCUT2D eigenvalue weighted by atomic mass is 79.9. The molecule has 0 bridgehead atoms. The van der Waals surface area contributed by atoms with E-state index in [-0.39, 0.29) is 11.6 Å². The van der Waals surface area contributed by atoms with E-state index in [4.69, 9.17) is 4.42 Å². The van der Waals surface area contributed by atoms with E-state index in [2.05, 4.69) is 36.5 Å². The van der Waals surface area contributed by atoms with Crippen LogP contribution >= 0.6 is 15.9 Å². The number of furan rings is 1. The number of carbonyl (C=O) groups is 1. The van der Waals surface area contributed by atoms with E-state index in [0.29, 0.717) is 18.1 Å². The zero-order chi connectivity index (χ0) is 16.9. The molecule has 1 aromatic carbocycles. The number of halogens is 1. The Hall–Kier alpha value is -2.67. The van der Waals surface area contributed by atoms with Gasteiger partial charge in [0.1, 0.15) is 23.6 Å². The van der Waals surface area contributed by atoms with E-state index < -0.39 is 0 Å². The topological polar surface area (TPSA) is 80.0 Å². The average molecular weight is 387 g/mol. The summed E-state index contributed by atoms with van der Waals surface area (Å²) in [4.78, 5) is 20.5. The highest BCUT2D eigenvalue weighted by Crippen LogP contribution is 2.23. The third-order valence-electron chi connectivity index (χ3n) is 3.30. The Morgan fingerprint density at radius 2 is 2.12 bits per heavy atom.